The normalized spacial score (nSPS) is 22.5. The summed E-state index contributed by atoms with van der Waals surface area (Å²) >= 11 is 0. The highest BCUT2D eigenvalue weighted by molar-refractivity contribution is 6.07. The molecule has 3 N–H and O–H groups in total. The molecule has 2 heterocycles. The molecule has 2 aliphatic rings. The number of carbonyl (C=O) groups excluding carboxylic acids is 2. The van der Waals surface area contributed by atoms with Gasteiger partial charge in [0.15, 0.2) is 0 Å². The third-order valence-corrected chi connectivity index (χ3v) is 5.17. The number of amides is 2. The molecule has 1 saturated heterocycles. The minimum atomic E-state index is -1.02. The van der Waals surface area contributed by atoms with Crippen LogP contribution in [0.5, 0.6) is 0 Å². The maximum absolute atomic E-state index is 13.4. The molecule has 1 aromatic heterocycles. The first kappa shape index (κ1) is 15.1. The number of piperidine rings is 1. The molecule has 24 heavy (non-hydrogen) atoms. The fourth-order valence-electron chi connectivity index (χ4n) is 3.58. The van der Waals surface area contributed by atoms with E-state index in [0.717, 1.165) is 19.3 Å². The molecule has 6 nitrogen and oxygen atoms in total. The SMILES string of the molecule is NC(=O)C1(C(=O)N2CCCC[C@@H]2c2nc3ccc(F)cc3[nH]2)CC1. The largest absolute Gasteiger partial charge is 0.369 e. The Morgan fingerprint density at radius 2 is 2.12 bits per heavy atom. The quantitative estimate of drug-likeness (QED) is 0.843. The lowest BCUT2D eigenvalue weighted by molar-refractivity contribution is -0.146. The summed E-state index contributed by atoms with van der Waals surface area (Å²) in [6.07, 6.45) is 3.68. The topological polar surface area (TPSA) is 92.1 Å². The average Bonchev–Trinajstić information content (AvgIpc) is 3.29. The first-order chi connectivity index (χ1) is 11.5. The lowest BCUT2D eigenvalue weighted by atomic mass is 9.96. The number of rotatable bonds is 3. The predicted molar refractivity (Wildman–Crippen MR) is 85.2 cm³/mol. The minimum absolute atomic E-state index is 0.189. The van der Waals surface area contributed by atoms with E-state index in [4.69, 9.17) is 5.73 Å². The molecule has 0 bridgehead atoms. The summed E-state index contributed by atoms with van der Waals surface area (Å²) in [6, 6.07) is 4.15. The summed E-state index contributed by atoms with van der Waals surface area (Å²) in [4.78, 5) is 34.0. The highest BCUT2D eigenvalue weighted by Crippen LogP contribution is 2.49. The molecule has 2 aromatic rings. The van der Waals surface area contributed by atoms with Crippen molar-refractivity contribution in [3.05, 3.63) is 29.8 Å². The lowest BCUT2D eigenvalue weighted by Crippen LogP contribution is -2.47. The lowest BCUT2D eigenvalue weighted by Gasteiger charge is -2.36. The maximum Gasteiger partial charge on any atom is 0.238 e. The molecule has 1 aliphatic heterocycles. The second-order valence-corrected chi connectivity index (χ2v) is 6.74. The van der Waals surface area contributed by atoms with Crippen molar-refractivity contribution in [2.24, 2.45) is 11.1 Å². The van der Waals surface area contributed by atoms with Gasteiger partial charge in [-0.2, -0.15) is 0 Å². The first-order valence-electron chi connectivity index (χ1n) is 8.27. The van der Waals surface area contributed by atoms with Gasteiger partial charge in [0.05, 0.1) is 17.1 Å². The Morgan fingerprint density at radius 3 is 2.83 bits per heavy atom. The molecule has 2 fully saturated rings. The number of aromatic amines is 1. The zero-order valence-electron chi connectivity index (χ0n) is 13.2. The molecule has 4 rings (SSSR count). The van der Waals surface area contributed by atoms with Crippen molar-refractivity contribution >= 4 is 22.8 Å². The van der Waals surface area contributed by atoms with Gasteiger partial charge in [-0.25, -0.2) is 9.37 Å². The van der Waals surface area contributed by atoms with Crippen molar-refractivity contribution in [3.63, 3.8) is 0 Å². The van der Waals surface area contributed by atoms with Gasteiger partial charge in [0, 0.05) is 6.54 Å². The van der Waals surface area contributed by atoms with E-state index < -0.39 is 11.3 Å². The number of carbonyl (C=O) groups is 2. The summed E-state index contributed by atoms with van der Waals surface area (Å²) in [5.74, 6) is -0.418. The smallest absolute Gasteiger partial charge is 0.238 e. The van der Waals surface area contributed by atoms with E-state index in [1.165, 1.54) is 12.1 Å². The van der Waals surface area contributed by atoms with Gasteiger partial charge in [0.2, 0.25) is 11.8 Å². The van der Waals surface area contributed by atoms with Gasteiger partial charge < -0.3 is 15.6 Å². The number of halogens is 1. The van der Waals surface area contributed by atoms with Crippen LogP contribution in [0.3, 0.4) is 0 Å². The van der Waals surface area contributed by atoms with Gasteiger partial charge in [-0.15, -0.1) is 0 Å². The second-order valence-electron chi connectivity index (χ2n) is 6.74. The summed E-state index contributed by atoms with van der Waals surface area (Å²) in [7, 11) is 0. The number of aromatic nitrogens is 2. The Kier molecular flexibility index (Phi) is 3.33. The van der Waals surface area contributed by atoms with Gasteiger partial charge >= 0.3 is 0 Å². The summed E-state index contributed by atoms with van der Waals surface area (Å²) in [6.45, 7) is 0.587. The van der Waals surface area contributed by atoms with Crippen molar-refractivity contribution in [1.82, 2.24) is 14.9 Å². The fraction of sp³-hybridized carbons (Fsp3) is 0.471. The third kappa shape index (κ3) is 2.26. The van der Waals surface area contributed by atoms with Crippen LogP contribution in [-0.4, -0.2) is 33.2 Å². The molecular formula is C17H19FN4O2. The molecule has 2 amide bonds. The number of imidazole rings is 1. The van der Waals surface area contributed by atoms with Crippen LogP contribution in [0.25, 0.3) is 11.0 Å². The molecule has 1 atom stereocenters. The van der Waals surface area contributed by atoms with Gasteiger partial charge in [-0.3, -0.25) is 9.59 Å². The highest BCUT2D eigenvalue weighted by Gasteiger charge is 2.58. The highest BCUT2D eigenvalue weighted by atomic mass is 19.1. The molecule has 1 aliphatic carbocycles. The Bertz CT molecular complexity index is 827. The summed E-state index contributed by atoms with van der Waals surface area (Å²) < 4.78 is 13.4. The predicted octanol–water partition coefficient (Wildman–Crippen LogP) is 2.02. The number of likely N-dealkylation sites (tertiary alicyclic amines) is 1. The molecule has 0 unspecified atom stereocenters. The molecule has 126 valence electrons. The van der Waals surface area contributed by atoms with Crippen LogP contribution in [-0.2, 0) is 9.59 Å². The number of nitrogens with zero attached hydrogens (tertiary/aromatic N) is 2. The molecule has 0 spiro atoms. The van der Waals surface area contributed by atoms with Gasteiger partial charge in [0.1, 0.15) is 17.1 Å². The van der Waals surface area contributed by atoms with Crippen LogP contribution in [0.4, 0.5) is 4.39 Å². The van der Waals surface area contributed by atoms with E-state index in [9.17, 15) is 14.0 Å². The fourth-order valence-corrected chi connectivity index (χ4v) is 3.58. The van der Waals surface area contributed by atoms with Crippen LogP contribution >= 0.6 is 0 Å². The van der Waals surface area contributed by atoms with Gasteiger partial charge in [-0.05, 0) is 50.3 Å². The first-order valence-corrected chi connectivity index (χ1v) is 8.27. The Morgan fingerprint density at radius 1 is 1.33 bits per heavy atom. The van der Waals surface area contributed by atoms with Crippen molar-refractivity contribution in [2.75, 3.05) is 6.54 Å². The molecule has 0 radical (unpaired) electrons. The van der Waals surface area contributed by atoms with Crippen molar-refractivity contribution < 1.29 is 14.0 Å². The van der Waals surface area contributed by atoms with Crippen molar-refractivity contribution in [1.29, 1.82) is 0 Å². The molecular weight excluding hydrogens is 311 g/mol. The molecule has 7 heteroatoms. The van der Waals surface area contributed by atoms with Crippen LogP contribution in [0.2, 0.25) is 0 Å². The van der Waals surface area contributed by atoms with Crippen molar-refractivity contribution in [3.8, 4) is 0 Å². The number of nitrogens with two attached hydrogens (primary N) is 1. The number of hydrogen-bond donors (Lipinski definition) is 2. The summed E-state index contributed by atoms with van der Waals surface area (Å²) in [5, 5.41) is 0. The Balaban J connectivity index is 1.68. The minimum Gasteiger partial charge on any atom is -0.369 e. The number of nitrogens with one attached hydrogen (secondary N) is 1. The second kappa shape index (κ2) is 5.29. The number of benzene rings is 1. The molecule has 1 aromatic carbocycles. The van der Waals surface area contributed by atoms with Gasteiger partial charge in [-0.1, -0.05) is 0 Å². The van der Waals surface area contributed by atoms with Crippen LogP contribution in [0.1, 0.15) is 44.0 Å². The molecule has 1 saturated carbocycles. The van der Waals surface area contributed by atoms with Crippen molar-refractivity contribution in [2.45, 2.75) is 38.1 Å². The van der Waals surface area contributed by atoms with E-state index in [1.54, 1.807) is 11.0 Å². The van der Waals surface area contributed by atoms with Crippen LogP contribution in [0, 0.1) is 11.2 Å². The zero-order chi connectivity index (χ0) is 16.9. The van der Waals surface area contributed by atoms with Crippen LogP contribution < -0.4 is 5.73 Å². The van der Waals surface area contributed by atoms with E-state index >= 15 is 0 Å². The van der Waals surface area contributed by atoms with E-state index in [1.807, 2.05) is 0 Å². The Labute approximate surface area is 138 Å². The average molecular weight is 330 g/mol. The third-order valence-electron chi connectivity index (χ3n) is 5.17. The Hall–Kier alpha value is -2.44. The van der Waals surface area contributed by atoms with E-state index in [0.29, 0.717) is 36.2 Å². The van der Waals surface area contributed by atoms with Gasteiger partial charge in [0.25, 0.3) is 0 Å². The standard InChI is InChI=1S/C17H19FN4O2/c18-10-4-5-11-12(9-10)21-14(20-11)13-3-1-2-8-22(13)16(24)17(6-7-17)15(19)23/h4-5,9,13H,1-3,6-8H2,(H2,19,23)(H,20,21)/t13-/m1/s1. The zero-order valence-corrected chi connectivity index (χ0v) is 13.2. The monoisotopic (exact) mass is 330 g/mol. The maximum atomic E-state index is 13.4. The van der Waals surface area contributed by atoms with E-state index in [-0.39, 0.29) is 17.8 Å². The van der Waals surface area contributed by atoms with E-state index in [2.05, 4.69) is 9.97 Å². The summed E-state index contributed by atoms with van der Waals surface area (Å²) in [5.41, 5.74) is 5.71. The van der Waals surface area contributed by atoms with Crippen LogP contribution in [0.15, 0.2) is 18.2 Å². The number of H-pyrrole nitrogens is 1. The number of primary amides is 1. The number of hydrogen-bond acceptors (Lipinski definition) is 3. The number of fused-ring (bicyclic) bond motifs is 1.